The number of carbonyl (C=O) groups is 2. The average molecular weight is 499 g/mol. The third-order valence-corrected chi connectivity index (χ3v) is 5.81. The summed E-state index contributed by atoms with van der Waals surface area (Å²) in [6.45, 7) is -0.780. The van der Waals surface area contributed by atoms with Crippen LogP contribution in [0.25, 0.3) is 0 Å². The van der Waals surface area contributed by atoms with E-state index in [1.54, 1.807) is 41.3 Å². The Morgan fingerprint density at radius 3 is 2.47 bits per heavy atom. The number of para-hydroxylation sites is 1. The number of amides is 2. The number of nitrogens with zero attached hydrogens (tertiary/aromatic N) is 1. The minimum Gasteiger partial charge on any atom is -0.493 e. The summed E-state index contributed by atoms with van der Waals surface area (Å²) in [6, 6.07) is 19.1. The first kappa shape index (κ1) is 25.1. The van der Waals surface area contributed by atoms with E-state index in [-0.39, 0.29) is 29.7 Å². The monoisotopic (exact) mass is 498 g/mol. The Morgan fingerprint density at radius 2 is 1.75 bits per heavy atom. The van der Waals surface area contributed by atoms with E-state index in [4.69, 9.17) is 9.47 Å². The molecule has 9 heteroatoms. The van der Waals surface area contributed by atoms with Gasteiger partial charge in [-0.3, -0.25) is 9.59 Å². The number of halogens is 3. The van der Waals surface area contributed by atoms with Gasteiger partial charge in [-0.25, -0.2) is 0 Å². The van der Waals surface area contributed by atoms with Crippen LogP contribution >= 0.6 is 0 Å². The van der Waals surface area contributed by atoms with Gasteiger partial charge >= 0.3 is 6.18 Å². The van der Waals surface area contributed by atoms with Gasteiger partial charge in [0.2, 0.25) is 5.91 Å². The summed E-state index contributed by atoms with van der Waals surface area (Å²) in [5.74, 6) is -0.179. The van der Waals surface area contributed by atoms with Gasteiger partial charge in [-0.1, -0.05) is 24.3 Å². The number of nitrogens with one attached hydrogen (secondary N) is 1. The van der Waals surface area contributed by atoms with Crippen LogP contribution in [0.2, 0.25) is 0 Å². The molecule has 0 aromatic heterocycles. The number of benzene rings is 3. The zero-order chi connectivity index (χ0) is 25.7. The molecule has 0 spiro atoms. The fourth-order valence-corrected chi connectivity index (χ4v) is 4.03. The molecular weight excluding hydrogens is 473 g/mol. The molecule has 3 aromatic carbocycles. The molecular formula is C27H25F3N2O4. The molecule has 1 heterocycles. The number of methoxy groups -OCH3 is 1. The van der Waals surface area contributed by atoms with Crippen molar-refractivity contribution in [2.24, 2.45) is 0 Å². The Morgan fingerprint density at radius 1 is 1.00 bits per heavy atom. The maximum atomic E-state index is 12.9. The number of alkyl halides is 3. The number of carbonyl (C=O) groups excluding carboxylic acids is 2. The van der Waals surface area contributed by atoms with Gasteiger partial charge in [0.15, 0.2) is 18.1 Å². The van der Waals surface area contributed by atoms with Crippen LogP contribution in [0.3, 0.4) is 0 Å². The summed E-state index contributed by atoms with van der Waals surface area (Å²) < 4.78 is 47.1. The second-order valence-corrected chi connectivity index (χ2v) is 8.35. The molecule has 0 saturated carbocycles. The number of fused-ring (bicyclic) bond motifs is 1. The summed E-state index contributed by atoms with van der Waals surface area (Å²) in [5.41, 5.74) is 3.89. The number of rotatable bonds is 8. The van der Waals surface area contributed by atoms with E-state index in [1.807, 2.05) is 24.3 Å². The van der Waals surface area contributed by atoms with Gasteiger partial charge in [-0.15, -0.1) is 0 Å². The topological polar surface area (TPSA) is 67.9 Å². The third-order valence-electron chi connectivity index (χ3n) is 5.81. The SMILES string of the molecule is COc1cc(CCC(=O)Nc2ccc(C(=O)N3CCc4ccccc43)cc2)ccc1OCC(F)(F)F. The lowest BCUT2D eigenvalue weighted by Crippen LogP contribution is -2.28. The quantitative estimate of drug-likeness (QED) is 0.451. The van der Waals surface area contributed by atoms with Crippen molar-refractivity contribution >= 4 is 23.2 Å². The predicted octanol–water partition coefficient (Wildman–Crippen LogP) is 5.41. The predicted molar refractivity (Wildman–Crippen MR) is 130 cm³/mol. The van der Waals surface area contributed by atoms with Crippen LogP contribution in [0.1, 0.15) is 27.9 Å². The molecule has 0 atom stereocenters. The lowest BCUT2D eigenvalue weighted by Gasteiger charge is -2.17. The van der Waals surface area contributed by atoms with Crippen LogP contribution in [-0.2, 0) is 17.6 Å². The third kappa shape index (κ3) is 6.16. The van der Waals surface area contributed by atoms with Crippen molar-refractivity contribution in [3.8, 4) is 11.5 Å². The van der Waals surface area contributed by atoms with Crippen molar-refractivity contribution in [3.05, 3.63) is 83.4 Å². The van der Waals surface area contributed by atoms with Crippen molar-refractivity contribution in [2.45, 2.75) is 25.4 Å². The van der Waals surface area contributed by atoms with E-state index in [0.717, 1.165) is 17.7 Å². The standard InChI is InChI=1S/C27H25F3N2O4/c1-35-24-16-18(6-12-23(24)36-17-27(28,29)30)7-13-25(33)31-21-10-8-20(9-11-21)26(34)32-15-14-19-4-2-3-5-22(19)32/h2-6,8-12,16H,7,13-15,17H2,1H3,(H,31,33). The van der Waals surface area contributed by atoms with Gasteiger partial charge < -0.3 is 19.7 Å². The van der Waals surface area contributed by atoms with Crippen molar-refractivity contribution in [2.75, 3.05) is 30.5 Å². The number of ether oxygens (including phenoxy) is 2. The van der Waals surface area contributed by atoms with Crippen molar-refractivity contribution in [1.82, 2.24) is 0 Å². The van der Waals surface area contributed by atoms with Crippen molar-refractivity contribution in [3.63, 3.8) is 0 Å². The number of aryl methyl sites for hydroxylation is 1. The molecule has 6 nitrogen and oxygen atoms in total. The Hall–Kier alpha value is -4.01. The highest BCUT2D eigenvalue weighted by molar-refractivity contribution is 6.07. The smallest absolute Gasteiger partial charge is 0.422 e. The van der Waals surface area contributed by atoms with E-state index in [9.17, 15) is 22.8 Å². The first-order valence-electron chi connectivity index (χ1n) is 11.4. The minimum absolute atomic E-state index is 0.0184. The maximum Gasteiger partial charge on any atom is 0.422 e. The van der Waals surface area contributed by atoms with Crippen molar-refractivity contribution in [1.29, 1.82) is 0 Å². The molecule has 4 rings (SSSR count). The van der Waals surface area contributed by atoms with Crippen LogP contribution in [0.4, 0.5) is 24.5 Å². The Kier molecular flexibility index (Phi) is 7.47. The lowest BCUT2D eigenvalue weighted by molar-refractivity contribution is -0.153. The summed E-state index contributed by atoms with van der Waals surface area (Å²) >= 11 is 0. The molecule has 0 aliphatic carbocycles. The molecule has 1 N–H and O–H groups in total. The molecule has 1 aliphatic heterocycles. The van der Waals surface area contributed by atoms with Crippen LogP contribution in [0.15, 0.2) is 66.7 Å². The van der Waals surface area contributed by atoms with Gasteiger partial charge in [0.25, 0.3) is 5.91 Å². The normalized spacial score (nSPS) is 12.7. The highest BCUT2D eigenvalue weighted by Crippen LogP contribution is 2.31. The van der Waals surface area contributed by atoms with E-state index >= 15 is 0 Å². The van der Waals surface area contributed by atoms with Gasteiger partial charge in [0.1, 0.15) is 0 Å². The zero-order valence-electron chi connectivity index (χ0n) is 19.6. The molecule has 0 radical (unpaired) electrons. The van der Waals surface area contributed by atoms with E-state index in [2.05, 4.69) is 5.32 Å². The van der Waals surface area contributed by atoms with Crippen molar-refractivity contribution < 1.29 is 32.2 Å². The van der Waals surface area contributed by atoms with E-state index in [1.165, 1.54) is 13.2 Å². The fourth-order valence-electron chi connectivity index (χ4n) is 4.03. The Labute approximate surface area is 206 Å². The first-order valence-corrected chi connectivity index (χ1v) is 11.4. The van der Waals surface area contributed by atoms with E-state index in [0.29, 0.717) is 29.8 Å². The summed E-state index contributed by atoms with van der Waals surface area (Å²) in [5, 5.41) is 2.80. The van der Waals surface area contributed by atoms with Gasteiger partial charge in [0, 0.05) is 29.9 Å². The highest BCUT2D eigenvalue weighted by atomic mass is 19.4. The Balaban J connectivity index is 1.31. The zero-order valence-corrected chi connectivity index (χ0v) is 19.6. The molecule has 2 amide bonds. The molecule has 0 fully saturated rings. The van der Waals surface area contributed by atoms with Crippen LogP contribution in [-0.4, -0.2) is 38.3 Å². The van der Waals surface area contributed by atoms with E-state index < -0.39 is 12.8 Å². The molecule has 188 valence electrons. The molecule has 1 aliphatic rings. The number of anilines is 2. The number of hydrogen-bond donors (Lipinski definition) is 1. The van der Waals surface area contributed by atoms with Gasteiger partial charge in [0.05, 0.1) is 7.11 Å². The average Bonchev–Trinajstić information content (AvgIpc) is 3.30. The second kappa shape index (κ2) is 10.7. The van der Waals surface area contributed by atoms with Crippen LogP contribution in [0.5, 0.6) is 11.5 Å². The maximum absolute atomic E-state index is 12.9. The lowest BCUT2D eigenvalue weighted by atomic mass is 10.1. The fraction of sp³-hybridized carbons (Fsp3) is 0.259. The molecule has 3 aromatic rings. The summed E-state index contributed by atoms with van der Waals surface area (Å²) in [4.78, 5) is 27.1. The summed E-state index contributed by atoms with van der Waals surface area (Å²) in [6.07, 6.45) is -3.12. The summed E-state index contributed by atoms with van der Waals surface area (Å²) in [7, 11) is 1.34. The Bertz CT molecular complexity index is 1240. The molecule has 36 heavy (non-hydrogen) atoms. The van der Waals surface area contributed by atoms with Crippen LogP contribution < -0.4 is 19.7 Å². The molecule has 0 unspecified atom stereocenters. The highest BCUT2D eigenvalue weighted by Gasteiger charge is 2.29. The van der Waals surface area contributed by atoms with Gasteiger partial charge in [-0.05, 0) is 66.4 Å². The number of hydrogen-bond acceptors (Lipinski definition) is 4. The molecule has 0 bridgehead atoms. The largest absolute Gasteiger partial charge is 0.493 e. The second-order valence-electron chi connectivity index (χ2n) is 8.35. The minimum atomic E-state index is -4.45. The first-order chi connectivity index (χ1) is 17.2. The molecule has 0 saturated heterocycles. The van der Waals surface area contributed by atoms with Gasteiger partial charge in [-0.2, -0.15) is 13.2 Å². The van der Waals surface area contributed by atoms with Crippen LogP contribution in [0, 0.1) is 0 Å².